The number of hydrogen-bond acceptors (Lipinski definition) is 1. The summed E-state index contributed by atoms with van der Waals surface area (Å²) in [7, 11) is -0.805. The molecule has 2 heteroatoms. The maximum Gasteiger partial charge on any atom is 0.179 e. The number of rotatable bonds is 13. The maximum absolute atomic E-state index is 6.03. The highest BCUT2D eigenvalue weighted by Crippen LogP contribution is 2.26. The van der Waals surface area contributed by atoms with Crippen LogP contribution in [-0.4, -0.2) is 15.6 Å². The Morgan fingerprint density at radius 1 is 0.810 bits per heavy atom. The van der Waals surface area contributed by atoms with Gasteiger partial charge in [-0.1, -0.05) is 97.3 Å². The molecule has 0 saturated carbocycles. The average molecular weight is 313 g/mol. The molecule has 0 N–H and O–H groups in total. The van der Waals surface area contributed by atoms with Crippen LogP contribution in [0.4, 0.5) is 0 Å². The van der Waals surface area contributed by atoms with Crippen LogP contribution in [0.2, 0.25) is 11.6 Å². The average Bonchev–Trinajstić information content (AvgIpc) is 2.53. The van der Waals surface area contributed by atoms with E-state index in [0.29, 0.717) is 0 Å². The van der Waals surface area contributed by atoms with E-state index in [1.54, 1.807) is 0 Å². The molecule has 0 bridgehead atoms. The molecule has 1 aliphatic rings. The minimum Gasteiger partial charge on any atom is -0.420 e. The Morgan fingerprint density at radius 2 is 1.38 bits per heavy atom. The molecule has 0 spiro atoms. The molecule has 1 saturated heterocycles. The highest BCUT2D eigenvalue weighted by molar-refractivity contribution is 6.53. The summed E-state index contributed by atoms with van der Waals surface area (Å²) in [6.07, 6.45) is 20.2. The SMILES string of the molecule is CCCCCCCCCCCCCC(C)[SiH]1CCCCO1. The van der Waals surface area contributed by atoms with Crippen LogP contribution in [0.1, 0.15) is 104 Å². The predicted octanol–water partition coefficient (Wildman–Crippen LogP) is 6.61. The highest BCUT2D eigenvalue weighted by Gasteiger charge is 2.22. The second-order valence-corrected chi connectivity index (χ2v) is 10.3. The van der Waals surface area contributed by atoms with Crippen molar-refractivity contribution in [2.24, 2.45) is 0 Å². The van der Waals surface area contributed by atoms with Gasteiger partial charge in [-0.15, -0.1) is 0 Å². The van der Waals surface area contributed by atoms with Crippen LogP contribution < -0.4 is 0 Å². The molecule has 0 aliphatic carbocycles. The van der Waals surface area contributed by atoms with Gasteiger partial charge in [0.1, 0.15) is 0 Å². The molecule has 1 nitrogen and oxygen atoms in total. The summed E-state index contributed by atoms with van der Waals surface area (Å²) >= 11 is 0. The van der Waals surface area contributed by atoms with Crippen LogP contribution in [0.25, 0.3) is 0 Å². The Balaban J connectivity index is 1.79. The second kappa shape index (κ2) is 13.8. The third-order valence-corrected chi connectivity index (χ3v) is 8.36. The van der Waals surface area contributed by atoms with Gasteiger partial charge in [0.15, 0.2) is 9.04 Å². The van der Waals surface area contributed by atoms with Gasteiger partial charge in [0.2, 0.25) is 0 Å². The van der Waals surface area contributed by atoms with Crippen molar-refractivity contribution in [3.05, 3.63) is 0 Å². The summed E-state index contributed by atoms with van der Waals surface area (Å²) in [5.74, 6) is 0. The fourth-order valence-electron chi connectivity index (χ4n) is 3.53. The molecule has 126 valence electrons. The highest BCUT2D eigenvalue weighted by atomic mass is 28.3. The van der Waals surface area contributed by atoms with E-state index in [1.165, 1.54) is 95.9 Å². The fourth-order valence-corrected chi connectivity index (χ4v) is 6.36. The molecule has 0 aromatic rings. The normalized spacial score (nSPS) is 20.6. The molecular weight excluding hydrogens is 272 g/mol. The van der Waals surface area contributed by atoms with Gasteiger partial charge < -0.3 is 4.43 Å². The van der Waals surface area contributed by atoms with Crippen molar-refractivity contribution in [2.45, 2.75) is 115 Å². The zero-order valence-corrected chi connectivity index (χ0v) is 16.0. The largest absolute Gasteiger partial charge is 0.420 e. The quantitative estimate of drug-likeness (QED) is 0.274. The Labute approximate surface area is 136 Å². The molecule has 1 aliphatic heterocycles. The van der Waals surface area contributed by atoms with E-state index in [-0.39, 0.29) is 0 Å². The van der Waals surface area contributed by atoms with Crippen LogP contribution >= 0.6 is 0 Å². The van der Waals surface area contributed by atoms with Gasteiger partial charge in [-0.2, -0.15) is 0 Å². The lowest BCUT2D eigenvalue weighted by Gasteiger charge is -2.26. The zero-order valence-electron chi connectivity index (χ0n) is 14.9. The molecule has 2 atom stereocenters. The summed E-state index contributed by atoms with van der Waals surface area (Å²) in [5.41, 5.74) is 0.920. The van der Waals surface area contributed by atoms with Gasteiger partial charge in [-0.3, -0.25) is 0 Å². The first-order chi connectivity index (χ1) is 10.3. The molecule has 0 aromatic carbocycles. The lowest BCUT2D eigenvalue weighted by molar-refractivity contribution is 0.278. The first-order valence-corrected chi connectivity index (χ1v) is 11.9. The Kier molecular flexibility index (Phi) is 12.6. The van der Waals surface area contributed by atoms with E-state index in [4.69, 9.17) is 4.43 Å². The van der Waals surface area contributed by atoms with E-state index in [1.807, 2.05) is 0 Å². The van der Waals surface area contributed by atoms with Crippen LogP contribution in [0, 0.1) is 0 Å². The van der Waals surface area contributed by atoms with Crippen molar-refractivity contribution in [1.29, 1.82) is 0 Å². The van der Waals surface area contributed by atoms with Crippen molar-refractivity contribution in [1.82, 2.24) is 0 Å². The molecular formula is C19H40OSi. The first-order valence-electron chi connectivity index (χ1n) is 9.96. The molecule has 0 radical (unpaired) electrons. The van der Waals surface area contributed by atoms with Crippen molar-refractivity contribution >= 4 is 9.04 Å². The Morgan fingerprint density at radius 3 is 1.90 bits per heavy atom. The summed E-state index contributed by atoms with van der Waals surface area (Å²) in [5, 5.41) is 0. The van der Waals surface area contributed by atoms with E-state index in [9.17, 15) is 0 Å². The molecule has 0 aromatic heterocycles. The van der Waals surface area contributed by atoms with Crippen LogP contribution in [0.15, 0.2) is 0 Å². The van der Waals surface area contributed by atoms with Crippen molar-refractivity contribution < 1.29 is 4.43 Å². The first kappa shape index (κ1) is 19.2. The van der Waals surface area contributed by atoms with Crippen LogP contribution in [0.5, 0.6) is 0 Å². The van der Waals surface area contributed by atoms with Crippen LogP contribution in [-0.2, 0) is 4.43 Å². The summed E-state index contributed by atoms with van der Waals surface area (Å²) in [6.45, 7) is 5.82. The van der Waals surface area contributed by atoms with Gasteiger partial charge in [-0.25, -0.2) is 0 Å². The minimum atomic E-state index is -0.805. The third-order valence-electron chi connectivity index (χ3n) is 5.11. The summed E-state index contributed by atoms with van der Waals surface area (Å²) < 4.78 is 6.03. The molecule has 0 amide bonds. The summed E-state index contributed by atoms with van der Waals surface area (Å²) in [4.78, 5) is 0. The van der Waals surface area contributed by atoms with E-state index >= 15 is 0 Å². The summed E-state index contributed by atoms with van der Waals surface area (Å²) in [6, 6.07) is 1.44. The van der Waals surface area contributed by atoms with Gasteiger partial charge in [0.05, 0.1) is 0 Å². The Bertz CT molecular complexity index is 214. The molecule has 1 heterocycles. The topological polar surface area (TPSA) is 9.23 Å². The van der Waals surface area contributed by atoms with E-state index in [0.717, 1.165) is 12.1 Å². The monoisotopic (exact) mass is 312 g/mol. The predicted molar refractivity (Wildman–Crippen MR) is 97.6 cm³/mol. The molecule has 21 heavy (non-hydrogen) atoms. The molecule has 1 fully saturated rings. The van der Waals surface area contributed by atoms with Crippen molar-refractivity contribution in [3.63, 3.8) is 0 Å². The standard InChI is InChI=1S/C19H40OSi/c1-3-4-5-6-7-8-9-10-11-12-13-16-19(2)21-18-15-14-17-20-21/h19,21H,3-18H2,1-2H3. The maximum atomic E-state index is 6.03. The van der Waals surface area contributed by atoms with Gasteiger partial charge in [0.25, 0.3) is 0 Å². The lowest BCUT2D eigenvalue weighted by atomic mass is 10.0. The zero-order chi connectivity index (χ0) is 15.2. The number of unbranched alkanes of at least 4 members (excludes halogenated alkanes) is 10. The van der Waals surface area contributed by atoms with Crippen LogP contribution in [0.3, 0.4) is 0 Å². The fraction of sp³-hybridized carbons (Fsp3) is 1.00. The van der Waals surface area contributed by atoms with Gasteiger partial charge in [0, 0.05) is 6.61 Å². The van der Waals surface area contributed by atoms with Gasteiger partial charge >= 0.3 is 0 Å². The smallest absolute Gasteiger partial charge is 0.179 e. The molecule has 2 unspecified atom stereocenters. The Hall–Kier alpha value is 0.177. The lowest BCUT2D eigenvalue weighted by Crippen LogP contribution is -2.27. The minimum absolute atomic E-state index is 0.805. The van der Waals surface area contributed by atoms with E-state index in [2.05, 4.69) is 13.8 Å². The van der Waals surface area contributed by atoms with Crippen molar-refractivity contribution in [3.8, 4) is 0 Å². The van der Waals surface area contributed by atoms with Crippen molar-refractivity contribution in [2.75, 3.05) is 6.61 Å². The third kappa shape index (κ3) is 10.5. The van der Waals surface area contributed by atoms with E-state index < -0.39 is 9.04 Å². The number of hydrogen-bond donors (Lipinski definition) is 0. The van der Waals surface area contributed by atoms with Gasteiger partial charge in [-0.05, 0) is 18.0 Å². The molecule has 1 rings (SSSR count). The second-order valence-electron chi connectivity index (χ2n) is 7.21.